The van der Waals surface area contributed by atoms with E-state index >= 15 is 0 Å². The predicted molar refractivity (Wildman–Crippen MR) is 73.3 cm³/mol. The summed E-state index contributed by atoms with van der Waals surface area (Å²) in [7, 11) is 1.79. The van der Waals surface area contributed by atoms with Crippen molar-refractivity contribution in [2.45, 2.75) is 31.7 Å². The van der Waals surface area contributed by atoms with Gasteiger partial charge in [0.05, 0.1) is 5.92 Å². The first-order valence-corrected chi connectivity index (χ1v) is 7.35. The number of carboxylic acids is 1. The zero-order valence-corrected chi connectivity index (χ0v) is 12.0. The number of amides is 1. The summed E-state index contributed by atoms with van der Waals surface area (Å²) in [5, 5.41) is 12.2. The molecule has 114 valence electrons. The van der Waals surface area contributed by atoms with E-state index in [9.17, 15) is 9.59 Å². The van der Waals surface area contributed by atoms with E-state index in [1.807, 2.05) is 0 Å². The number of piperidine rings is 1. The molecule has 0 bridgehead atoms. The Bertz CT molecular complexity index is 355. The lowest BCUT2D eigenvalue weighted by atomic mass is 9.93. The van der Waals surface area contributed by atoms with Crippen LogP contribution in [0.4, 0.5) is 0 Å². The van der Waals surface area contributed by atoms with Gasteiger partial charge in [0.25, 0.3) is 0 Å². The minimum atomic E-state index is -0.785. The molecule has 0 radical (unpaired) electrons. The molecule has 6 heteroatoms. The average Bonchev–Trinajstić information content (AvgIpc) is 2.47. The lowest BCUT2D eigenvalue weighted by molar-refractivity contribution is -0.144. The van der Waals surface area contributed by atoms with Gasteiger partial charge >= 0.3 is 5.97 Å². The number of likely N-dealkylation sites (N-methyl/N-ethyl adjacent to an activating group) is 1. The minimum absolute atomic E-state index is 0.0165. The first kappa shape index (κ1) is 15.3. The van der Waals surface area contributed by atoms with Gasteiger partial charge < -0.3 is 20.1 Å². The molecule has 20 heavy (non-hydrogen) atoms. The molecule has 1 amide bonds. The highest BCUT2D eigenvalue weighted by Crippen LogP contribution is 2.21. The van der Waals surface area contributed by atoms with Crippen LogP contribution in [-0.2, 0) is 14.3 Å². The summed E-state index contributed by atoms with van der Waals surface area (Å²) in [6.07, 6.45) is 2.98. The van der Waals surface area contributed by atoms with Gasteiger partial charge in [-0.05, 0) is 25.2 Å². The van der Waals surface area contributed by atoms with E-state index in [0.29, 0.717) is 31.8 Å². The lowest BCUT2D eigenvalue weighted by Gasteiger charge is -2.35. The maximum absolute atomic E-state index is 12.3. The van der Waals surface area contributed by atoms with Gasteiger partial charge in [-0.2, -0.15) is 0 Å². The van der Waals surface area contributed by atoms with Crippen molar-refractivity contribution >= 4 is 11.9 Å². The van der Waals surface area contributed by atoms with Crippen LogP contribution in [0.5, 0.6) is 0 Å². The van der Waals surface area contributed by atoms with Crippen LogP contribution in [0.1, 0.15) is 25.7 Å². The number of carboxylic acid groups (broad SMARTS) is 1. The highest BCUT2D eigenvalue weighted by atomic mass is 16.5. The Morgan fingerprint density at radius 2 is 2.00 bits per heavy atom. The summed E-state index contributed by atoms with van der Waals surface area (Å²) in [6, 6.07) is -0.0165. The SMILES string of the molecule is CN(C(=O)CC1CCOCC1)[C@@H]1CNC[C@H](C(=O)O)C1. The number of ether oxygens (including phenoxy) is 1. The molecule has 2 rings (SSSR count). The van der Waals surface area contributed by atoms with Crippen LogP contribution in [0, 0.1) is 11.8 Å². The van der Waals surface area contributed by atoms with Crippen LogP contribution in [-0.4, -0.2) is 61.3 Å². The van der Waals surface area contributed by atoms with Crippen molar-refractivity contribution in [1.29, 1.82) is 0 Å². The Balaban J connectivity index is 1.84. The molecule has 2 N–H and O–H groups in total. The third-order valence-corrected chi connectivity index (χ3v) is 4.42. The second-order valence-electron chi connectivity index (χ2n) is 5.85. The van der Waals surface area contributed by atoms with E-state index in [1.54, 1.807) is 11.9 Å². The van der Waals surface area contributed by atoms with E-state index in [-0.39, 0.29) is 11.9 Å². The number of hydrogen-bond donors (Lipinski definition) is 2. The third-order valence-electron chi connectivity index (χ3n) is 4.42. The highest BCUT2D eigenvalue weighted by Gasteiger charge is 2.31. The fourth-order valence-corrected chi connectivity index (χ4v) is 2.95. The molecule has 6 nitrogen and oxygen atoms in total. The first-order chi connectivity index (χ1) is 9.58. The molecule has 0 aromatic heterocycles. The summed E-state index contributed by atoms with van der Waals surface area (Å²) in [5.41, 5.74) is 0. The van der Waals surface area contributed by atoms with Crippen molar-refractivity contribution in [3.63, 3.8) is 0 Å². The summed E-state index contributed by atoms with van der Waals surface area (Å²) in [6.45, 7) is 2.66. The van der Waals surface area contributed by atoms with Gasteiger partial charge in [0.1, 0.15) is 0 Å². The monoisotopic (exact) mass is 284 g/mol. The molecule has 2 heterocycles. The van der Waals surface area contributed by atoms with Gasteiger partial charge in [0.2, 0.25) is 5.91 Å². The van der Waals surface area contributed by atoms with Crippen LogP contribution in [0.15, 0.2) is 0 Å². The molecule has 2 aliphatic heterocycles. The number of rotatable bonds is 4. The molecule has 0 saturated carbocycles. The van der Waals surface area contributed by atoms with E-state index in [1.165, 1.54) is 0 Å². The van der Waals surface area contributed by atoms with Gasteiger partial charge in [0, 0.05) is 45.8 Å². The molecule has 2 atom stereocenters. The molecular weight excluding hydrogens is 260 g/mol. The smallest absolute Gasteiger partial charge is 0.307 e. The van der Waals surface area contributed by atoms with Gasteiger partial charge in [-0.3, -0.25) is 9.59 Å². The van der Waals surface area contributed by atoms with Crippen LogP contribution in [0.3, 0.4) is 0 Å². The molecule has 2 aliphatic rings. The Labute approximate surface area is 119 Å². The zero-order valence-electron chi connectivity index (χ0n) is 12.0. The van der Waals surface area contributed by atoms with Crippen molar-refractivity contribution in [3.8, 4) is 0 Å². The van der Waals surface area contributed by atoms with E-state index < -0.39 is 11.9 Å². The molecule has 2 fully saturated rings. The Kier molecular flexibility index (Phi) is 5.37. The molecular formula is C14H24N2O4. The Morgan fingerprint density at radius 1 is 1.30 bits per heavy atom. The fourth-order valence-electron chi connectivity index (χ4n) is 2.95. The molecule has 0 spiro atoms. The number of nitrogens with one attached hydrogen (secondary N) is 1. The topological polar surface area (TPSA) is 78.9 Å². The zero-order chi connectivity index (χ0) is 14.5. The quantitative estimate of drug-likeness (QED) is 0.777. The van der Waals surface area contributed by atoms with Gasteiger partial charge in [-0.15, -0.1) is 0 Å². The van der Waals surface area contributed by atoms with Crippen molar-refractivity contribution in [1.82, 2.24) is 10.2 Å². The number of hydrogen-bond acceptors (Lipinski definition) is 4. The number of aliphatic carboxylic acids is 1. The standard InChI is InChI=1S/C14H24N2O4/c1-16(12-7-11(14(18)19)8-15-9-12)13(17)6-10-2-4-20-5-3-10/h10-12,15H,2-9H2,1H3,(H,18,19)/t11-,12+/m1/s1. The number of carbonyl (C=O) groups excluding carboxylic acids is 1. The van der Waals surface area contributed by atoms with E-state index in [4.69, 9.17) is 9.84 Å². The normalized spacial score (nSPS) is 28.1. The summed E-state index contributed by atoms with van der Waals surface area (Å²) in [5.74, 6) is -0.653. The maximum atomic E-state index is 12.3. The third kappa shape index (κ3) is 3.93. The van der Waals surface area contributed by atoms with E-state index in [0.717, 1.165) is 26.1 Å². The van der Waals surface area contributed by atoms with Crippen LogP contribution in [0.25, 0.3) is 0 Å². The van der Waals surface area contributed by atoms with Gasteiger partial charge in [-0.25, -0.2) is 0 Å². The molecule has 0 aromatic rings. The second kappa shape index (κ2) is 7.04. The summed E-state index contributed by atoms with van der Waals surface area (Å²) < 4.78 is 5.30. The second-order valence-corrected chi connectivity index (χ2v) is 5.85. The highest BCUT2D eigenvalue weighted by molar-refractivity contribution is 5.77. The number of nitrogens with zero attached hydrogens (tertiary/aromatic N) is 1. The van der Waals surface area contributed by atoms with Crippen molar-refractivity contribution < 1.29 is 19.4 Å². The predicted octanol–water partition coefficient (Wildman–Crippen LogP) is 0.324. The van der Waals surface area contributed by atoms with Crippen molar-refractivity contribution in [3.05, 3.63) is 0 Å². The van der Waals surface area contributed by atoms with Crippen molar-refractivity contribution in [2.75, 3.05) is 33.4 Å². The van der Waals surface area contributed by atoms with Crippen LogP contribution < -0.4 is 5.32 Å². The number of carbonyl (C=O) groups is 2. The van der Waals surface area contributed by atoms with Crippen LogP contribution >= 0.6 is 0 Å². The van der Waals surface area contributed by atoms with Gasteiger partial charge in [-0.1, -0.05) is 0 Å². The van der Waals surface area contributed by atoms with E-state index in [2.05, 4.69) is 5.32 Å². The molecule has 0 aromatic carbocycles. The summed E-state index contributed by atoms with van der Waals surface area (Å²) >= 11 is 0. The Hall–Kier alpha value is -1.14. The summed E-state index contributed by atoms with van der Waals surface area (Å²) in [4.78, 5) is 25.1. The maximum Gasteiger partial charge on any atom is 0.307 e. The molecule has 0 unspecified atom stereocenters. The average molecular weight is 284 g/mol. The Morgan fingerprint density at radius 3 is 2.65 bits per heavy atom. The van der Waals surface area contributed by atoms with Gasteiger partial charge in [0.15, 0.2) is 0 Å². The van der Waals surface area contributed by atoms with Crippen molar-refractivity contribution in [2.24, 2.45) is 11.8 Å². The van der Waals surface area contributed by atoms with Crippen LogP contribution in [0.2, 0.25) is 0 Å². The fraction of sp³-hybridized carbons (Fsp3) is 0.857. The molecule has 0 aliphatic carbocycles. The lowest BCUT2D eigenvalue weighted by Crippen LogP contribution is -2.51. The minimum Gasteiger partial charge on any atom is -0.481 e. The first-order valence-electron chi connectivity index (χ1n) is 7.35. The molecule has 2 saturated heterocycles. The largest absolute Gasteiger partial charge is 0.481 e.